The Balaban J connectivity index is 1.11. The highest BCUT2D eigenvalue weighted by atomic mass is 16.3. The Kier molecular flexibility index (Phi) is 7.16. The van der Waals surface area contributed by atoms with Crippen molar-refractivity contribution in [1.82, 2.24) is 15.0 Å². The van der Waals surface area contributed by atoms with Gasteiger partial charge >= 0.3 is 0 Å². The van der Waals surface area contributed by atoms with Gasteiger partial charge in [0.2, 0.25) is 0 Å². The minimum Gasteiger partial charge on any atom is -0.456 e. The van der Waals surface area contributed by atoms with E-state index in [1.807, 2.05) is 36.4 Å². The zero-order chi connectivity index (χ0) is 38.2. The molecule has 0 saturated carbocycles. The van der Waals surface area contributed by atoms with E-state index >= 15 is 0 Å². The standard InChI is InChI=1S/C53H31N3O2/c1-3-11-32(12-4-1)36-23-21-34-22-24-38(30-39(34)29-36)51-54-52(42-17-9-15-35-26-28-46-50(48(35)42)40-16-7-8-19-44(40)57-46)56-53(55-51)43-18-10-20-45-49(43)41-27-25-37(31-47(41)58-45)33-13-5-2-6-14-33/h1-31H. The maximum absolute atomic E-state index is 6.56. The van der Waals surface area contributed by atoms with E-state index in [1.54, 1.807) is 0 Å². The molecule has 0 amide bonds. The van der Waals surface area contributed by atoms with E-state index in [9.17, 15) is 0 Å². The van der Waals surface area contributed by atoms with Crippen LogP contribution in [0.15, 0.2) is 197 Å². The SMILES string of the molecule is c1ccc(-c2ccc3ccc(-c4nc(-c5cccc6oc7cc(-c8ccccc8)ccc7c56)nc(-c5cccc6ccc7oc8ccccc8c7c56)n4)cc3c2)cc1. The first-order chi connectivity index (χ1) is 28.7. The van der Waals surface area contributed by atoms with Crippen LogP contribution < -0.4 is 0 Å². The van der Waals surface area contributed by atoms with Crippen LogP contribution in [-0.4, -0.2) is 15.0 Å². The summed E-state index contributed by atoms with van der Waals surface area (Å²) in [5, 5.41) is 8.44. The molecule has 9 aromatic carbocycles. The van der Waals surface area contributed by atoms with Crippen LogP contribution in [0.25, 0.3) is 122 Å². The molecule has 0 fully saturated rings. The highest BCUT2D eigenvalue weighted by Crippen LogP contribution is 2.42. The molecule has 0 radical (unpaired) electrons. The van der Waals surface area contributed by atoms with Gasteiger partial charge < -0.3 is 8.83 Å². The van der Waals surface area contributed by atoms with Crippen LogP contribution in [-0.2, 0) is 0 Å². The Morgan fingerprint density at radius 2 is 0.828 bits per heavy atom. The Morgan fingerprint density at radius 3 is 1.62 bits per heavy atom. The van der Waals surface area contributed by atoms with Gasteiger partial charge in [0.15, 0.2) is 17.5 Å². The molecule has 0 saturated heterocycles. The summed E-state index contributed by atoms with van der Waals surface area (Å²) < 4.78 is 12.9. The van der Waals surface area contributed by atoms with Crippen molar-refractivity contribution in [2.75, 3.05) is 0 Å². The molecule has 0 aliphatic carbocycles. The molecule has 0 aliphatic rings. The molecule has 3 heterocycles. The van der Waals surface area contributed by atoms with Gasteiger partial charge in [-0.05, 0) is 80.9 Å². The van der Waals surface area contributed by atoms with Gasteiger partial charge in [0, 0.05) is 43.6 Å². The van der Waals surface area contributed by atoms with E-state index in [0.29, 0.717) is 17.5 Å². The first-order valence-corrected chi connectivity index (χ1v) is 19.4. The van der Waals surface area contributed by atoms with E-state index in [4.69, 9.17) is 23.8 Å². The number of hydrogen-bond donors (Lipinski definition) is 0. The third kappa shape index (κ3) is 5.21. The minimum atomic E-state index is 0.569. The number of fused-ring (bicyclic) bond motifs is 9. The van der Waals surface area contributed by atoms with Crippen molar-refractivity contribution in [2.45, 2.75) is 0 Å². The molecular formula is C53H31N3O2. The maximum Gasteiger partial charge on any atom is 0.164 e. The second-order valence-corrected chi connectivity index (χ2v) is 14.7. The molecule has 12 rings (SSSR count). The fraction of sp³-hybridized carbons (Fsp3) is 0. The molecule has 12 aromatic rings. The second-order valence-electron chi connectivity index (χ2n) is 14.7. The van der Waals surface area contributed by atoms with Gasteiger partial charge in [-0.3, -0.25) is 0 Å². The summed E-state index contributed by atoms with van der Waals surface area (Å²) in [5.74, 6) is 1.74. The van der Waals surface area contributed by atoms with Crippen LogP contribution in [0.2, 0.25) is 0 Å². The molecule has 0 bridgehead atoms. The molecule has 270 valence electrons. The number of para-hydroxylation sites is 1. The van der Waals surface area contributed by atoms with Gasteiger partial charge in [-0.15, -0.1) is 0 Å². The molecule has 3 aromatic heterocycles. The molecule has 5 nitrogen and oxygen atoms in total. The third-order valence-electron chi connectivity index (χ3n) is 11.3. The Morgan fingerprint density at radius 1 is 0.276 bits per heavy atom. The Hall–Kier alpha value is -7.89. The topological polar surface area (TPSA) is 65.0 Å². The van der Waals surface area contributed by atoms with Crippen LogP contribution in [0.3, 0.4) is 0 Å². The van der Waals surface area contributed by atoms with Crippen LogP contribution in [0, 0.1) is 0 Å². The number of rotatable bonds is 5. The summed E-state index contributed by atoms with van der Waals surface area (Å²) in [7, 11) is 0. The largest absolute Gasteiger partial charge is 0.456 e. The van der Waals surface area contributed by atoms with E-state index < -0.39 is 0 Å². The molecule has 5 heteroatoms. The summed E-state index contributed by atoms with van der Waals surface area (Å²) in [6.07, 6.45) is 0. The second kappa shape index (κ2) is 12.8. The number of nitrogens with zero attached hydrogens (tertiary/aromatic N) is 3. The quantitative estimate of drug-likeness (QED) is 0.176. The average molecular weight is 742 g/mol. The fourth-order valence-electron chi connectivity index (χ4n) is 8.54. The van der Waals surface area contributed by atoms with Gasteiger partial charge in [0.05, 0.1) is 0 Å². The summed E-state index contributed by atoms with van der Waals surface area (Å²) in [6.45, 7) is 0. The van der Waals surface area contributed by atoms with Crippen molar-refractivity contribution in [3.8, 4) is 56.4 Å². The molecule has 0 aliphatic heterocycles. The van der Waals surface area contributed by atoms with Crippen molar-refractivity contribution < 1.29 is 8.83 Å². The number of aromatic nitrogens is 3. The lowest BCUT2D eigenvalue weighted by atomic mass is 9.98. The fourth-order valence-corrected chi connectivity index (χ4v) is 8.54. The van der Waals surface area contributed by atoms with Gasteiger partial charge in [0.1, 0.15) is 22.3 Å². The lowest BCUT2D eigenvalue weighted by Crippen LogP contribution is -2.01. The van der Waals surface area contributed by atoms with Gasteiger partial charge in [-0.25, -0.2) is 15.0 Å². The molecule has 58 heavy (non-hydrogen) atoms. The van der Waals surface area contributed by atoms with Crippen molar-refractivity contribution in [1.29, 1.82) is 0 Å². The van der Waals surface area contributed by atoms with Gasteiger partial charge in [-0.1, -0.05) is 146 Å². The number of benzene rings is 9. The molecule has 0 spiro atoms. The van der Waals surface area contributed by atoms with Crippen molar-refractivity contribution in [2.24, 2.45) is 0 Å². The first kappa shape index (κ1) is 32.4. The van der Waals surface area contributed by atoms with E-state index in [2.05, 4.69) is 152 Å². The van der Waals surface area contributed by atoms with Crippen molar-refractivity contribution in [3.63, 3.8) is 0 Å². The average Bonchev–Trinajstić information content (AvgIpc) is 3.87. The predicted octanol–water partition coefficient (Wildman–Crippen LogP) is 14.3. The number of hydrogen-bond acceptors (Lipinski definition) is 5. The van der Waals surface area contributed by atoms with Crippen LogP contribution >= 0.6 is 0 Å². The zero-order valence-corrected chi connectivity index (χ0v) is 31.1. The van der Waals surface area contributed by atoms with Gasteiger partial charge in [0.25, 0.3) is 0 Å². The lowest BCUT2D eigenvalue weighted by molar-refractivity contribution is 0.669. The van der Waals surface area contributed by atoms with Crippen molar-refractivity contribution >= 4 is 65.4 Å². The minimum absolute atomic E-state index is 0.569. The maximum atomic E-state index is 6.56. The smallest absolute Gasteiger partial charge is 0.164 e. The molecular weight excluding hydrogens is 711 g/mol. The molecule has 0 N–H and O–H groups in total. The highest BCUT2D eigenvalue weighted by Gasteiger charge is 2.21. The van der Waals surface area contributed by atoms with Crippen LogP contribution in [0.5, 0.6) is 0 Å². The van der Waals surface area contributed by atoms with E-state index in [1.165, 1.54) is 5.56 Å². The monoisotopic (exact) mass is 741 g/mol. The van der Waals surface area contributed by atoms with Gasteiger partial charge in [-0.2, -0.15) is 0 Å². The molecule has 0 atom stereocenters. The van der Waals surface area contributed by atoms with Crippen LogP contribution in [0.4, 0.5) is 0 Å². The van der Waals surface area contributed by atoms with Crippen LogP contribution in [0.1, 0.15) is 0 Å². The Bertz CT molecular complexity index is 3570. The summed E-state index contributed by atoms with van der Waals surface area (Å²) in [5.41, 5.74) is 10.5. The van der Waals surface area contributed by atoms with E-state index in [-0.39, 0.29) is 0 Å². The third-order valence-corrected chi connectivity index (χ3v) is 11.3. The highest BCUT2D eigenvalue weighted by molar-refractivity contribution is 6.22. The summed E-state index contributed by atoms with van der Waals surface area (Å²) >= 11 is 0. The normalized spacial score (nSPS) is 11.8. The number of furan rings is 2. The first-order valence-electron chi connectivity index (χ1n) is 19.4. The summed E-state index contributed by atoms with van der Waals surface area (Å²) in [6, 6.07) is 65.1. The Labute approximate surface area is 332 Å². The van der Waals surface area contributed by atoms with Crippen molar-refractivity contribution in [3.05, 3.63) is 188 Å². The van der Waals surface area contributed by atoms with E-state index in [0.717, 1.165) is 98.8 Å². The lowest BCUT2D eigenvalue weighted by Gasteiger charge is -2.12. The zero-order valence-electron chi connectivity index (χ0n) is 31.1. The molecule has 0 unspecified atom stereocenters. The summed E-state index contributed by atoms with van der Waals surface area (Å²) in [4.78, 5) is 15.9. The predicted molar refractivity (Wildman–Crippen MR) is 237 cm³/mol.